The van der Waals surface area contributed by atoms with Gasteiger partial charge in [-0.3, -0.25) is 4.79 Å². The molecule has 2 nitrogen and oxygen atoms in total. The summed E-state index contributed by atoms with van der Waals surface area (Å²) >= 11 is 4.21. The zero-order valence-corrected chi connectivity index (χ0v) is 7.97. The van der Waals surface area contributed by atoms with Crippen molar-refractivity contribution in [2.75, 3.05) is 13.6 Å². The SMILES string of the molecule is C=CC(=O)N(C)CCC(C)S. The molecule has 3 heteroatoms. The largest absolute Gasteiger partial charge is 0.342 e. The van der Waals surface area contributed by atoms with Crippen molar-refractivity contribution in [1.82, 2.24) is 4.90 Å². The number of rotatable bonds is 4. The number of thiol groups is 1. The van der Waals surface area contributed by atoms with Crippen molar-refractivity contribution in [3.63, 3.8) is 0 Å². The van der Waals surface area contributed by atoms with Crippen LogP contribution < -0.4 is 0 Å². The highest BCUT2D eigenvalue weighted by Crippen LogP contribution is 2.00. The molecule has 0 saturated carbocycles. The van der Waals surface area contributed by atoms with E-state index in [1.54, 1.807) is 11.9 Å². The van der Waals surface area contributed by atoms with Gasteiger partial charge in [0.2, 0.25) is 5.91 Å². The van der Waals surface area contributed by atoms with Gasteiger partial charge >= 0.3 is 0 Å². The highest BCUT2D eigenvalue weighted by Gasteiger charge is 2.03. The number of carbonyl (C=O) groups is 1. The Bertz CT molecular complexity index is 145. The first-order valence-corrected chi connectivity index (χ1v) is 4.15. The Balaban J connectivity index is 3.60. The molecule has 1 unspecified atom stereocenters. The van der Waals surface area contributed by atoms with Crippen LogP contribution in [0.5, 0.6) is 0 Å². The van der Waals surface area contributed by atoms with Crippen LogP contribution in [0.2, 0.25) is 0 Å². The number of hydrogen-bond acceptors (Lipinski definition) is 2. The summed E-state index contributed by atoms with van der Waals surface area (Å²) in [7, 11) is 1.76. The van der Waals surface area contributed by atoms with Crippen LogP contribution >= 0.6 is 12.6 Å². The van der Waals surface area contributed by atoms with Gasteiger partial charge < -0.3 is 4.90 Å². The molecule has 0 aliphatic heterocycles. The fourth-order valence-corrected chi connectivity index (χ4v) is 0.762. The first-order valence-electron chi connectivity index (χ1n) is 3.63. The van der Waals surface area contributed by atoms with Crippen molar-refractivity contribution in [1.29, 1.82) is 0 Å². The van der Waals surface area contributed by atoms with Gasteiger partial charge in [0.15, 0.2) is 0 Å². The Morgan fingerprint density at radius 2 is 2.36 bits per heavy atom. The van der Waals surface area contributed by atoms with E-state index in [2.05, 4.69) is 19.2 Å². The maximum atomic E-state index is 10.9. The van der Waals surface area contributed by atoms with Crippen LogP contribution in [0.15, 0.2) is 12.7 Å². The molecule has 1 atom stereocenters. The fourth-order valence-electron chi connectivity index (χ4n) is 0.647. The molecule has 0 aliphatic rings. The molecule has 1 amide bonds. The highest BCUT2D eigenvalue weighted by molar-refractivity contribution is 7.80. The molecule has 0 bridgehead atoms. The number of hydrogen-bond donors (Lipinski definition) is 1. The van der Waals surface area contributed by atoms with E-state index in [1.165, 1.54) is 6.08 Å². The molecule has 0 spiro atoms. The minimum absolute atomic E-state index is 0.0287. The number of amides is 1. The Hall–Kier alpha value is -0.440. The number of nitrogens with zero attached hydrogens (tertiary/aromatic N) is 1. The fraction of sp³-hybridized carbons (Fsp3) is 0.625. The molecule has 0 radical (unpaired) electrons. The molecule has 0 rings (SSSR count). The van der Waals surface area contributed by atoms with Gasteiger partial charge in [0.1, 0.15) is 0 Å². The van der Waals surface area contributed by atoms with Crippen molar-refractivity contribution < 1.29 is 4.79 Å². The second-order valence-corrected chi connectivity index (χ2v) is 3.48. The van der Waals surface area contributed by atoms with Crippen molar-refractivity contribution in [3.05, 3.63) is 12.7 Å². The Kier molecular flexibility index (Phi) is 5.03. The summed E-state index contributed by atoms with van der Waals surface area (Å²) in [6, 6.07) is 0. The lowest BCUT2D eigenvalue weighted by atomic mass is 10.3. The maximum Gasteiger partial charge on any atom is 0.245 e. The normalized spacial score (nSPS) is 12.3. The average Bonchev–Trinajstić information content (AvgIpc) is 1.98. The second-order valence-electron chi connectivity index (χ2n) is 2.60. The molecule has 0 heterocycles. The van der Waals surface area contributed by atoms with Crippen LogP contribution in [0.1, 0.15) is 13.3 Å². The lowest BCUT2D eigenvalue weighted by Crippen LogP contribution is -2.26. The average molecular weight is 173 g/mol. The van der Waals surface area contributed by atoms with E-state index in [4.69, 9.17) is 0 Å². The highest BCUT2D eigenvalue weighted by atomic mass is 32.1. The lowest BCUT2D eigenvalue weighted by molar-refractivity contribution is -0.124. The summed E-state index contributed by atoms with van der Waals surface area (Å²) in [6.45, 7) is 6.15. The van der Waals surface area contributed by atoms with Gasteiger partial charge in [-0.1, -0.05) is 13.5 Å². The van der Waals surface area contributed by atoms with Gasteiger partial charge in [-0.05, 0) is 12.5 Å². The molecule has 11 heavy (non-hydrogen) atoms. The first kappa shape index (κ1) is 10.6. The van der Waals surface area contributed by atoms with Crippen LogP contribution in [0.25, 0.3) is 0 Å². The van der Waals surface area contributed by atoms with Gasteiger partial charge in [0.05, 0.1) is 0 Å². The third-order valence-electron chi connectivity index (χ3n) is 1.43. The number of carbonyl (C=O) groups excluding carboxylic acids is 1. The molecular formula is C8H15NOS. The third kappa shape index (κ3) is 4.90. The minimum atomic E-state index is -0.0287. The van der Waals surface area contributed by atoms with Gasteiger partial charge in [-0.2, -0.15) is 12.6 Å². The lowest BCUT2D eigenvalue weighted by Gasteiger charge is -2.15. The molecule has 0 saturated heterocycles. The van der Waals surface area contributed by atoms with E-state index in [0.717, 1.165) is 13.0 Å². The van der Waals surface area contributed by atoms with Crippen molar-refractivity contribution in [2.45, 2.75) is 18.6 Å². The van der Waals surface area contributed by atoms with Gasteiger partial charge in [-0.15, -0.1) is 0 Å². The second kappa shape index (κ2) is 5.24. The minimum Gasteiger partial charge on any atom is -0.342 e. The Labute approximate surface area is 73.7 Å². The van der Waals surface area contributed by atoms with Gasteiger partial charge in [0, 0.05) is 18.8 Å². The summed E-state index contributed by atoms with van der Waals surface area (Å²) in [4.78, 5) is 12.5. The van der Waals surface area contributed by atoms with E-state index in [-0.39, 0.29) is 5.91 Å². The molecule has 0 aromatic carbocycles. The van der Waals surface area contributed by atoms with E-state index < -0.39 is 0 Å². The predicted molar refractivity (Wildman–Crippen MR) is 50.9 cm³/mol. The zero-order valence-electron chi connectivity index (χ0n) is 7.08. The molecule has 0 N–H and O–H groups in total. The van der Waals surface area contributed by atoms with Gasteiger partial charge in [0.25, 0.3) is 0 Å². The van der Waals surface area contributed by atoms with E-state index in [0.29, 0.717) is 5.25 Å². The van der Waals surface area contributed by atoms with Crippen molar-refractivity contribution in [2.24, 2.45) is 0 Å². The van der Waals surface area contributed by atoms with Crippen molar-refractivity contribution >= 4 is 18.5 Å². The monoisotopic (exact) mass is 173 g/mol. The van der Waals surface area contributed by atoms with Crippen LogP contribution in [-0.2, 0) is 4.79 Å². The van der Waals surface area contributed by atoms with Gasteiger partial charge in [-0.25, -0.2) is 0 Å². The van der Waals surface area contributed by atoms with E-state index in [9.17, 15) is 4.79 Å². The molecule has 64 valence electrons. The third-order valence-corrected chi connectivity index (χ3v) is 1.69. The first-order chi connectivity index (χ1) is 5.07. The standard InChI is InChI=1S/C8H15NOS/c1-4-8(10)9(3)6-5-7(2)11/h4,7,11H,1,5-6H2,2-3H3. The van der Waals surface area contributed by atoms with Crippen LogP contribution in [0.4, 0.5) is 0 Å². The van der Waals surface area contributed by atoms with Crippen molar-refractivity contribution in [3.8, 4) is 0 Å². The summed E-state index contributed by atoms with van der Waals surface area (Å²) in [5.41, 5.74) is 0. The molecule has 0 aromatic rings. The molecular weight excluding hydrogens is 158 g/mol. The van der Waals surface area contributed by atoms with Crippen LogP contribution in [-0.4, -0.2) is 29.6 Å². The molecule has 0 aromatic heterocycles. The summed E-state index contributed by atoms with van der Waals surface area (Å²) < 4.78 is 0. The maximum absolute atomic E-state index is 10.9. The Morgan fingerprint density at radius 3 is 2.73 bits per heavy atom. The number of likely N-dealkylation sites (N-methyl/N-ethyl adjacent to an activating group) is 1. The van der Waals surface area contributed by atoms with Crippen LogP contribution in [0, 0.1) is 0 Å². The quantitative estimate of drug-likeness (QED) is 0.502. The summed E-state index contributed by atoms with van der Waals surface area (Å²) in [5.74, 6) is -0.0287. The van der Waals surface area contributed by atoms with E-state index >= 15 is 0 Å². The smallest absolute Gasteiger partial charge is 0.245 e. The van der Waals surface area contributed by atoms with E-state index in [1.807, 2.05) is 6.92 Å². The Morgan fingerprint density at radius 1 is 1.82 bits per heavy atom. The zero-order chi connectivity index (χ0) is 8.85. The molecule has 0 aliphatic carbocycles. The predicted octanol–water partition coefficient (Wildman–Crippen LogP) is 1.34. The summed E-state index contributed by atoms with van der Waals surface area (Å²) in [6.07, 6.45) is 2.24. The van der Waals surface area contributed by atoms with Crippen LogP contribution in [0.3, 0.4) is 0 Å². The summed E-state index contributed by atoms with van der Waals surface area (Å²) in [5, 5.41) is 0.343. The topological polar surface area (TPSA) is 20.3 Å². The molecule has 0 fully saturated rings.